The van der Waals surface area contributed by atoms with Crippen LogP contribution in [0.2, 0.25) is 5.28 Å². The van der Waals surface area contributed by atoms with Crippen molar-refractivity contribution < 1.29 is 5.11 Å². The highest BCUT2D eigenvalue weighted by atomic mass is 35.5. The molecule has 0 radical (unpaired) electrons. The van der Waals surface area contributed by atoms with Crippen LogP contribution in [0.25, 0.3) is 0 Å². The first-order valence-electron chi connectivity index (χ1n) is 6.21. The van der Waals surface area contributed by atoms with Crippen molar-refractivity contribution in [3.63, 3.8) is 0 Å². The van der Waals surface area contributed by atoms with Gasteiger partial charge in [0.1, 0.15) is 0 Å². The molecule has 100 valence electrons. The number of rotatable bonds is 3. The highest BCUT2D eigenvalue weighted by Crippen LogP contribution is 2.27. The van der Waals surface area contributed by atoms with Crippen LogP contribution in [-0.4, -0.2) is 32.2 Å². The molecule has 0 spiro atoms. The molecule has 1 aromatic heterocycles. The van der Waals surface area contributed by atoms with Gasteiger partial charge in [-0.25, -0.2) is 0 Å². The Bertz CT molecular complexity index is 386. The Balaban J connectivity index is 1.97. The summed E-state index contributed by atoms with van der Waals surface area (Å²) in [5, 5.41) is 13.5. The molecule has 0 unspecified atom stereocenters. The molecule has 7 heteroatoms. The van der Waals surface area contributed by atoms with Gasteiger partial charge < -0.3 is 16.2 Å². The van der Waals surface area contributed by atoms with Gasteiger partial charge in [-0.15, -0.1) is 0 Å². The maximum Gasteiger partial charge on any atom is 0.228 e. The first kappa shape index (κ1) is 13.3. The molecule has 1 aromatic rings. The molecule has 1 saturated carbocycles. The zero-order valence-corrected chi connectivity index (χ0v) is 10.9. The van der Waals surface area contributed by atoms with Crippen LogP contribution in [0.3, 0.4) is 0 Å². The molecule has 0 amide bonds. The summed E-state index contributed by atoms with van der Waals surface area (Å²) in [5.74, 6) is 0.385. The van der Waals surface area contributed by atoms with E-state index in [0.717, 1.165) is 25.7 Å². The van der Waals surface area contributed by atoms with E-state index in [1.54, 1.807) is 0 Å². The third kappa shape index (κ3) is 3.68. The zero-order valence-electron chi connectivity index (χ0n) is 10.2. The van der Waals surface area contributed by atoms with Gasteiger partial charge in [0.05, 0.1) is 5.60 Å². The molecule has 0 atom stereocenters. The predicted molar refractivity (Wildman–Crippen MR) is 70.4 cm³/mol. The van der Waals surface area contributed by atoms with Crippen LogP contribution in [0.15, 0.2) is 0 Å². The second-order valence-electron chi connectivity index (χ2n) is 4.78. The fourth-order valence-corrected chi connectivity index (χ4v) is 2.42. The number of aromatic nitrogens is 3. The van der Waals surface area contributed by atoms with Crippen LogP contribution in [0.4, 0.5) is 11.9 Å². The molecule has 0 aliphatic heterocycles. The van der Waals surface area contributed by atoms with E-state index < -0.39 is 5.60 Å². The normalized spacial score (nSPS) is 19.2. The topological polar surface area (TPSA) is 97.0 Å². The number of halogens is 1. The van der Waals surface area contributed by atoms with E-state index in [2.05, 4.69) is 20.3 Å². The van der Waals surface area contributed by atoms with E-state index in [9.17, 15) is 5.11 Å². The number of nitrogens with zero attached hydrogens (tertiary/aromatic N) is 3. The summed E-state index contributed by atoms with van der Waals surface area (Å²) >= 11 is 5.69. The van der Waals surface area contributed by atoms with Crippen molar-refractivity contribution in [2.45, 2.75) is 44.1 Å². The number of aliphatic hydroxyl groups is 1. The van der Waals surface area contributed by atoms with Gasteiger partial charge in [-0.3, -0.25) is 0 Å². The van der Waals surface area contributed by atoms with Gasteiger partial charge in [0.25, 0.3) is 0 Å². The highest BCUT2D eigenvalue weighted by Gasteiger charge is 2.27. The van der Waals surface area contributed by atoms with E-state index in [1.165, 1.54) is 12.8 Å². The third-order valence-electron chi connectivity index (χ3n) is 3.24. The summed E-state index contributed by atoms with van der Waals surface area (Å²) in [6.07, 6.45) is 6.08. The zero-order chi connectivity index (χ0) is 13.0. The van der Waals surface area contributed by atoms with Gasteiger partial charge in [-0.2, -0.15) is 15.0 Å². The van der Waals surface area contributed by atoms with Crippen LogP contribution in [-0.2, 0) is 0 Å². The van der Waals surface area contributed by atoms with E-state index in [1.807, 2.05) is 0 Å². The quantitative estimate of drug-likeness (QED) is 0.723. The molecule has 1 aliphatic rings. The van der Waals surface area contributed by atoms with E-state index in [-0.39, 0.29) is 11.2 Å². The second kappa shape index (κ2) is 5.67. The molecule has 0 bridgehead atoms. The Kier molecular flexibility index (Phi) is 4.19. The Morgan fingerprint density at radius 3 is 2.44 bits per heavy atom. The minimum atomic E-state index is -0.690. The molecule has 18 heavy (non-hydrogen) atoms. The number of hydrogen-bond donors (Lipinski definition) is 3. The van der Waals surface area contributed by atoms with Crippen molar-refractivity contribution in [1.29, 1.82) is 0 Å². The van der Waals surface area contributed by atoms with Crippen LogP contribution >= 0.6 is 11.6 Å². The van der Waals surface area contributed by atoms with Crippen LogP contribution < -0.4 is 11.1 Å². The van der Waals surface area contributed by atoms with Gasteiger partial charge in [0.15, 0.2) is 0 Å². The molecule has 1 heterocycles. The van der Waals surface area contributed by atoms with Gasteiger partial charge in [0.2, 0.25) is 17.2 Å². The fraction of sp³-hybridized carbons (Fsp3) is 0.727. The van der Waals surface area contributed by atoms with Gasteiger partial charge in [-0.1, -0.05) is 25.7 Å². The number of hydrogen-bond acceptors (Lipinski definition) is 6. The van der Waals surface area contributed by atoms with Crippen molar-refractivity contribution in [2.24, 2.45) is 0 Å². The Morgan fingerprint density at radius 1 is 1.17 bits per heavy atom. The van der Waals surface area contributed by atoms with Crippen molar-refractivity contribution in [3.05, 3.63) is 5.28 Å². The maximum atomic E-state index is 10.5. The summed E-state index contributed by atoms with van der Waals surface area (Å²) in [6.45, 7) is 0.410. The molecular formula is C11H18ClN5O. The van der Waals surface area contributed by atoms with Crippen LogP contribution in [0.5, 0.6) is 0 Å². The number of nitrogen functional groups attached to an aromatic ring is 1. The number of anilines is 2. The maximum absolute atomic E-state index is 10.5. The number of nitrogens with one attached hydrogen (secondary N) is 1. The van der Waals surface area contributed by atoms with E-state index in [0.29, 0.717) is 12.5 Å². The van der Waals surface area contributed by atoms with Gasteiger partial charge >= 0.3 is 0 Å². The molecular weight excluding hydrogens is 254 g/mol. The largest absolute Gasteiger partial charge is 0.388 e. The average molecular weight is 272 g/mol. The van der Waals surface area contributed by atoms with Crippen LogP contribution in [0.1, 0.15) is 38.5 Å². The Morgan fingerprint density at radius 2 is 1.83 bits per heavy atom. The lowest BCUT2D eigenvalue weighted by Crippen LogP contribution is -2.36. The molecule has 0 saturated heterocycles. The predicted octanol–water partition coefficient (Wildman–Crippen LogP) is 1.60. The summed E-state index contributed by atoms with van der Waals surface area (Å²) in [5.41, 5.74) is 4.79. The van der Waals surface area contributed by atoms with Crippen molar-refractivity contribution in [3.8, 4) is 0 Å². The molecule has 6 nitrogen and oxygen atoms in total. The second-order valence-corrected chi connectivity index (χ2v) is 5.12. The standard InChI is InChI=1S/C11H18ClN5O/c12-8-15-9(13)17-10(16-8)14-7-11(18)5-3-1-2-4-6-11/h18H,1-7H2,(H3,13,14,15,16,17). The van der Waals surface area contributed by atoms with Crippen molar-refractivity contribution in [2.75, 3.05) is 17.6 Å². The van der Waals surface area contributed by atoms with Gasteiger partial charge in [0, 0.05) is 6.54 Å². The molecule has 2 rings (SSSR count). The molecule has 0 aromatic carbocycles. The minimum Gasteiger partial charge on any atom is -0.388 e. The number of nitrogens with two attached hydrogens (primary N) is 1. The molecule has 1 aliphatic carbocycles. The van der Waals surface area contributed by atoms with Crippen molar-refractivity contribution >= 4 is 23.5 Å². The SMILES string of the molecule is Nc1nc(Cl)nc(NCC2(O)CCCCCC2)n1. The Hall–Kier alpha value is -1.14. The lowest BCUT2D eigenvalue weighted by molar-refractivity contribution is 0.0379. The van der Waals surface area contributed by atoms with Crippen molar-refractivity contribution in [1.82, 2.24) is 15.0 Å². The summed E-state index contributed by atoms with van der Waals surface area (Å²) in [7, 11) is 0. The molecule has 4 N–H and O–H groups in total. The third-order valence-corrected chi connectivity index (χ3v) is 3.40. The lowest BCUT2D eigenvalue weighted by Gasteiger charge is -2.26. The summed E-state index contributed by atoms with van der Waals surface area (Å²) < 4.78 is 0. The minimum absolute atomic E-state index is 0.0536. The van der Waals surface area contributed by atoms with E-state index >= 15 is 0 Å². The van der Waals surface area contributed by atoms with E-state index in [4.69, 9.17) is 17.3 Å². The van der Waals surface area contributed by atoms with Gasteiger partial charge in [-0.05, 0) is 24.4 Å². The lowest BCUT2D eigenvalue weighted by atomic mass is 9.95. The first-order chi connectivity index (χ1) is 8.57. The average Bonchev–Trinajstić information content (AvgIpc) is 2.51. The van der Waals surface area contributed by atoms with Crippen LogP contribution in [0, 0.1) is 0 Å². The molecule has 1 fully saturated rings. The first-order valence-corrected chi connectivity index (χ1v) is 6.59. The smallest absolute Gasteiger partial charge is 0.228 e. The summed E-state index contributed by atoms with van der Waals surface area (Å²) in [4.78, 5) is 11.5. The fourth-order valence-electron chi connectivity index (χ4n) is 2.25. The Labute approximate surface area is 111 Å². The highest BCUT2D eigenvalue weighted by molar-refractivity contribution is 6.28. The monoisotopic (exact) mass is 271 g/mol. The summed E-state index contributed by atoms with van der Waals surface area (Å²) in [6, 6.07) is 0.